The van der Waals surface area contributed by atoms with Gasteiger partial charge in [0.05, 0.1) is 0 Å². The molecule has 0 fully saturated rings. The molecule has 0 amide bonds. The van der Waals surface area contributed by atoms with Crippen LogP contribution in [0.2, 0.25) is 0 Å². The zero-order valence-electron chi connectivity index (χ0n) is 5.81. The number of nitrogens with zero attached hydrogens (tertiary/aromatic N) is 3. The molecule has 1 heterocycles. The minimum atomic E-state index is -0.657. The van der Waals surface area contributed by atoms with Crippen molar-refractivity contribution in [3.63, 3.8) is 0 Å². The smallest absolute Gasteiger partial charge is 0.196 e. The van der Waals surface area contributed by atoms with E-state index in [-0.39, 0.29) is 5.82 Å². The Morgan fingerprint density at radius 1 is 1.73 bits per heavy atom. The van der Waals surface area contributed by atoms with Crippen LogP contribution in [0.5, 0.6) is 0 Å². The first-order valence-corrected chi connectivity index (χ1v) is 2.88. The van der Waals surface area contributed by atoms with Crippen LogP contribution in [0.3, 0.4) is 0 Å². The molecule has 6 heteroatoms. The summed E-state index contributed by atoms with van der Waals surface area (Å²) in [5, 5.41) is 9.30. The van der Waals surface area contributed by atoms with Gasteiger partial charge in [-0.25, -0.2) is 20.1 Å². The number of hydrazine groups is 1. The van der Waals surface area contributed by atoms with E-state index in [9.17, 15) is 10.1 Å². The standard InChI is InChI=1S/C5H6N4O2/c1-4-2-6-3-7-5(4)8-9(10)11/h2-3H,1H3,(H,6,7,8). The molecular formula is C5H6N4O2. The number of hydrogen-bond acceptors (Lipinski definition) is 4. The van der Waals surface area contributed by atoms with Gasteiger partial charge in [-0.2, -0.15) is 0 Å². The van der Waals surface area contributed by atoms with E-state index >= 15 is 0 Å². The molecule has 1 aromatic heterocycles. The molecule has 0 bridgehead atoms. The molecule has 0 saturated carbocycles. The van der Waals surface area contributed by atoms with Gasteiger partial charge >= 0.3 is 0 Å². The van der Waals surface area contributed by atoms with Gasteiger partial charge in [-0.3, -0.25) is 0 Å². The number of anilines is 1. The summed E-state index contributed by atoms with van der Waals surface area (Å²) < 4.78 is 0. The highest BCUT2D eigenvalue weighted by atomic mass is 16.7. The zero-order valence-corrected chi connectivity index (χ0v) is 5.81. The van der Waals surface area contributed by atoms with Gasteiger partial charge in [-0.1, -0.05) is 5.43 Å². The fourth-order valence-corrected chi connectivity index (χ4v) is 0.603. The second kappa shape index (κ2) is 2.91. The van der Waals surface area contributed by atoms with E-state index in [0.29, 0.717) is 5.56 Å². The van der Waals surface area contributed by atoms with E-state index in [2.05, 4.69) is 9.97 Å². The lowest BCUT2D eigenvalue weighted by atomic mass is 10.4. The Morgan fingerprint density at radius 3 is 3.00 bits per heavy atom. The predicted octanol–water partition coefficient (Wildman–Crippen LogP) is 0.389. The summed E-state index contributed by atoms with van der Waals surface area (Å²) in [5.41, 5.74) is 2.59. The average Bonchev–Trinajstić information content (AvgIpc) is 1.93. The Kier molecular flexibility index (Phi) is 1.95. The van der Waals surface area contributed by atoms with E-state index in [4.69, 9.17) is 0 Å². The van der Waals surface area contributed by atoms with Gasteiger partial charge in [0.25, 0.3) is 0 Å². The van der Waals surface area contributed by atoms with Crippen LogP contribution in [0.25, 0.3) is 0 Å². The van der Waals surface area contributed by atoms with Crippen molar-refractivity contribution in [2.45, 2.75) is 6.92 Å². The van der Waals surface area contributed by atoms with Crippen LogP contribution >= 0.6 is 0 Å². The van der Waals surface area contributed by atoms with Crippen molar-refractivity contribution >= 4 is 5.82 Å². The second-order valence-corrected chi connectivity index (χ2v) is 1.92. The van der Waals surface area contributed by atoms with Gasteiger partial charge in [-0.05, 0) is 6.92 Å². The molecule has 0 aliphatic carbocycles. The van der Waals surface area contributed by atoms with Gasteiger partial charge in [0.15, 0.2) is 10.9 Å². The molecule has 1 aromatic rings. The van der Waals surface area contributed by atoms with Crippen molar-refractivity contribution in [3.05, 3.63) is 28.2 Å². The van der Waals surface area contributed by atoms with Crippen molar-refractivity contribution in [1.29, 1.82) is 0 Å². The van der Waals surface area contributed by atoms with Gasteiger partial charge in [0.1, 0.15) is 6.33 Å². The first kappa shape index (κ1) is 7.39. The number of aromatic nitrogens is 2. The van der Waals surface area contributed by atoms with E-state index in [1.165, 1.54) is 12.5 Å². The maximum absolute atomic E-state index is 9.95. The third-order valence-electron chi connectivity index (χ3n) is 1.09. The molecular weight excluding hydrogens is 148 g/mol. The molecule has 0 radical (unpaired) electrons. The lowest BCUT2D eigenvalue weighted by molar-refractivity contribution is -0.445. The second-order valence-electron chi connectivity index (χ2n) is 1.92. The van der Waals surface area contributed by atoms with E-state index in [1.54, 1.807) is 6.92 Å². The first-order valence-electron chi connectivity index (χ1n) is 2.88. The molecule has 11 heavy (non-hydrogen) atoms. The molecule has 0 aromatic carbocycles. The minimum absolute atomic E-state index is 0.227. The molecule has 0 spiro atoms. The zero-order chi connectivity index (χ0) is 8.27. The monoisotopic (exact) mass is 154 g/mol. The van der Waals surface area contributed by atoms with Crippen LogP contribution in [0.1, 0.15) is 5.56 Å². The van der Waals surface area contributed by atoms with Gasteiger partial charge in [0.2, 0.25) is 0 Å². The summed E-state index contributed by atoms with van der Waals surface area (Å²) in [6.07, 6.45) is 2.75. The summed E-state index contributed by atoms with van der Waals surface area (Å²) in [7, 11) is 0. The van der Waals surface area contributed by atoms with Gasteiger partial charge in [0, 0.05) is 11.8 Å². The Hall–Kier alpha value is -1.72. The summed E-state index contributed by atoms with van der Waals surface area (Å²) in [6.45, 7) is 1.69. The normalized spacial score (nSPS) is 9.18. The molecule has 0 atom stereocenters. The maximum atomic E-state index is 9.95. The third kappa shape index (κ3) is 1.85. The summed E-state index contributed by atoms with van der Waals surface area (Å²) in [4.78, 5) is 17.3. The lowest BCUT2D eigenvalue weighted by Gasteiger charge is -1.97. The number of nitro groups is 1. The van der Waals surface area contributed by atoms with Crippen LogP contribution in [0, 0.1) is 17.0 Å². The van der Waals surface area contributed by atoms with Crippen molar-refractivity contribution in [2.24, 2.45) is 0 Å². The Labute approximate surface area is 62.4 Å². The average molecular weight is 154 g/mol. The Bertz CT molecular complexity index is 275. The third-order valence-corrected chi connectivity index (χ3v) is 1.09. The van der Waals surface area contributed by atoms with Gasteiger partial charge < -0.3 is 0 Å². The van der Waals surface area contributed by atoms with Crippen LogP contribution in [0.15, 0.2) is 12.5 Å². The predicted molar refractivity (Wildman–Crippen MR) is 37.4 cm³/mol. The minimum Gasteiger partial charge on any atom is -0.244 e. The number of rotatable bonds is 2. The van der Waals surface area contributed by atoms with Crippen LogP contribution in [-0.4, -0.2) is 15.0 Å². The summed E-state index contributed by atoms with van der Waals surface area (Å²) in [5.74, 6) is 0.227. The SMILES string of the molecule is Cc1cncnc1N[N+](=O)[O-]. The highest BCUT2D eigenvalue weighted by Gasteiger charge is 2.02. The molecule has 0 saturated heterocycles. The largest absolute Gasteiger partial charge is 0.244 e. The number of nitrogens with one attached hydrogen (secondary N) is 1. The molecule has 0 aliphatic heterocycles. The molecule has 1 rings (SSSR count). The molecule has 6 nitrogen and oxygen atoms in total. The van der Waals surface area contributed by atoms with E-state index < -0.39 is 5.03 Å². The summed E-state index contributed by atoms with van der Waals surface area (Å²) in [6, 6.07) is 0. The lowest BCUT2D eigenvalue weighted by Crippen LogP contribution is -2.10. The topological polar surface area (TPSA) is 81.0 Å². The quantitative estimate of drug-likeness (QED) is 0.492. The van der Waals surface area contributed by atoms with Crippen molar-refractivity contribution in [1.82, 2.24) is 9.97 Å². The van der Waals surface area contributed by atoms with Crippen molar-refractivity contribution in [3.8, 4) is 0 Å². The van der Waals surface area contributed by atoms with Crippen LogP contribution < -0.4 is 5.43 Å². The molecule has 0 unspecified atom stereocenters. The van der Waals surface area contributed by atoms with Crippen molar-refractivity contribution < 1.29 is 5.03 Å². The highest BCUT2D eigenvalue weighted by molar-refractivity contribution is 5.38. The highest BCUT2D eigenvalue weighted by Crippen LogP contribution is 2.06. The fraction of sp³-hybridized carbons (Fsp3) is 0.200. The van der Waals surface area contributed by atoms with E-state index in [0.717, 1.165) is 0 Å². The Balaban J connectivity index is 2.86. The number of hydrogen-bond donors (Lipinski definition) is 1. The van der Waals surface area contributed by atoms with Gasteiger partial charge in [-0.15, -0.1) is 0 Å². The molecule has 58 valence electrons. The van der Waals surface area contributed by atoms with Crippen LogP contribution in [0.4, 0.5) is 5.82 Å². The Morgan fingerprint density at radius 2 is 2.45 bits per heavy atom. The van der Waals surface area contributed by atoms with E-state index in [1.807, 2.05) is 5.43 Å². The number of aryl methyl sites for hydroxylation is 1. The van der Waals surface area contributed by atoms with Crippen LogP contribution in [-0.2, 0) is 0 Å². The molecule has 0 aliphatic rings. The molecule has 1 N–H and O–H groups in total. The maximum Gasteiger partial charge on any atom is 0.196 e. The van der Waals surface area contributed by atoms with Crippen molar-refractivity contribution in [2.75, 3.05) is 5.43 Å². The first-order chi connectivity index (χ1) is 5.20. The summed E-state index contributed by atoms with van der Waals surface area (Å²) >= 11 is 0. The fourth-order valence-electron chi connectivity index (χ4n) is 0.603.